The Morgan fingerprint density at radius 2 is 2.21 bits per heavy atom. The van der Waals surface area contributed by atoms with Crippen molar-refractivity contribution in [3.8, 4) is 0 Å². The van der Waals surface area contributed by atoms with Crippen LogP contribution in [0.4, 0.5) is 0 Å². The fraction of sp³-hybridized carbons (Fsp3) is 0.400. The molecule has 1 amide bonds. The second-order valence-electron chi connectivity index (χ2n) is 2.63. The molecule has 0 saturated carbocycles. The first-order valence-electron chi connectivity index (χ1n) is 4.52. The third kappa shape index (κ3) is 5.99. The lowest BCUT2D eigenvalue weighted by Gasteiger charge is -1.80. The molecule has 0 atom stereocenters. The zero-order valence-corrected chi connectivity index (χ0v) is 8.55. The molecule has 1 aliphatic heterocycles. The van der Waals surface area contributed by atoms with Crippen molar-refractivity contribution in [3.63, 3.8) is 0 Å². The van der Waals surface area contributed by atoms with Gasteiger partial charge in [0.05, 0.1) is 0 Å². The van der Waals surface area contributed by atoms with E-state index in [1.54, 1.807) is 12.4 Å². The van der Waals surface area contributed by atoms with E-state index >= 15 is 0 Å². The van der Waals surface area contributed by atoms with Gasteiger partial charge in [0, 0.05) is 25.4 Å². The van der Waals surface area contributed by atoms with Gasteiger partial charge in [-0.2, -0.15) is 0 Å². The number of H-pyrrole nitrogens is 1. The number of nitrogens with zero attached hydrogens (tertiary/aromatic N) is 1. The van der Waals surface area contributed by atoms with Gasteiger partial charge >= 0.3 is 0 Å². The van der Waals surface area contributed by atoms with E-state index in [2.05, 4.69) is 28.4 Å². The number of aryl methyl sites for hydroxylation is 1. The van der Waals surface area contributed by atoms with E-state index in [0.29, 0.717) is 0 Å². The smallest absolute Gasteiger partial charge is 0.220 e. The van der Waals surface area contributed by atoms with E-state index in [4.69, 9.17) is 0 Å². The molecule has 0 radical (unpaired) electrons. The quantitative estimate of drug-likeness (QED) is 0.615. The highest BCUT2D eigenvalue weighted by Gasteiger charge is 2.05. The Labute approximate surface area is 84.4 Å². The number of amides is 1. The lowest BCUT2D eigenvalue weighted by atomic mass is 10.4. The maximum Gasteiger partial charge on any atom is 0.220 e. The third-order valence-corrected chi connectivity index (χ3v) is 1.54. The molecule has 2 N–H and O–H groups in total. The van der Waals surface area contributed by atoms with Crippen LogP contribution in [0.15, 0.2) is 25.6 Å². The molecule has 1 aliphatic rings. The van der Waals surface area contributed by atoms with Crippen molar-refractivity contribution in [1.29, 1.82) is 0 Å². The summed E-state index contributed by atoms with van der Waals surface area (Å²) in [6.45, 7) is 8.80. The van der Waals surface area contributed by atoms with Gasteiger partial charge in [0.2, 0.25) is 5.91 Å². The van der Waals surface area contributed by atoms with E-state index < -0.39 is 0 Å². The van der Waals surface area contributed by atoms with Gasteiger partial charge in [-0.05, 0) is 13.3 Å². The summed E-state index contributed by atoms with van der Waals surface area (Å²) in [6, 6.07) is 0. The van der Waals surface area contributed by atoms with Crippen molar-refractivity contribution < 1.29 is 4.79 Å². The van der Waals surface area contributed by atoms with Crippen LogP contribution in [-0.2, 0) is 4.79 Å². The van der Waals surface area contributed by atoms with Crippen molar-refractivity contribution in [1.82, 2.24) is 15.3 Å². The number of nitrogens with one attached hydrogen (secondary N) is 2. The molecule has 78 valence electrons. The molecule has 4 heteroatoms. The van der Waals surface area contributed by atoms with Crippen molar-refractivity contribution >= 4 is 5.91 Å². The van der Waals surface area contributed by atoms with Gasteiger partial charge in [0.1, 0.15) is 5.82 Å². The maximum absolute atomic E-state index is 10.1. The molecule has 0 aliphatic carbocycles. The molecule has 0 aromatic carbocycles. The molecule has 4 nitrogen and oxygen atoms in total. The second kappa shape index (κ2) is 8.04. The first-order valence-corrected chi connectivity index (χ1v) is 4.52. The van der Waals surface area contributed by atoms with Crippen LogP contribution in [0, 0.1) is 6.92 Å². The molecule has 0 unspecified atom stereocenters. The van der Waals surface area contributed by atoms with Crippen molar-refractivity contribution in [2.24, 2.45) is 0 Å². The minimum Gasteiger partial charge on any atom is -0.356 e. The van der Waals surface area contributed by atoms with E-state index in [-0.39, 0.29) is 5.91 Å². The first kappa shape index (κ1) is 12.4. The predicted octanol–water partition coefficient (Wildman–Crippen LogP) is 1.42. The Morgan fingerprint density at radius 1 is 1.50 bits per heavy atom. The van der Waals surface area contributed by atoms with Gasteiger partial charge in [0.15, 0.2) is 0 Å². The number of imidazole rings is 1. The van der Waals surface area contributed by atoms with E-state index in [0.717, 1.165) is 25.2 Å². The van der Waals surface area contributed by atoms with E-state index in [1.165, 1.54) is 0 Å². The lowest BCUT2D eigenvalue weighted by Crippen LogP contribution is -2.12. The Kier molecular flexibility index (Phi) is 7.13. The summed E-state index contributed by atoms with van der Waals surface area (Å²) in [5, 5.41) is 2.68. The number of aromatic nitrogens is 2. The summed E-state index contributed by atoms with van der Waals surface area (Å²) in [7, 11) is 0. The van der Waals surface area contributed by atoms with Crippen LogP contribution in [-0.4, -0.2) is 22.4 Å². The van der Waals surface area contributed by atoms with Gasteiger partial charge in [0.25, 0.3) is 0 Å². The fourth-order valence-electron chi connectivity index (χ4n) is 0.909. The molecule has 1 saturated heterocycles. The topological polar surface area (TPSA) is 57.8 Å². The molecule has 1 aromatic heterocycles. The SMILES string of the molecule is C=C.Cc1ncc[nH]1.O=C1CCCN1. The normalized spacial score (nSPS) is 13.1. The van der Waals surface area contributed by atoms with Gasteiger partial charge in [-0.1, -0.05) is 0 Å². The molecule has 2 rings (SSSR count). The van der Waals surface area contributed by atoms with Crippen LogP contribution in [0.1, 0.15) is 18.7 Å². The van der Waals surface area contributed by atoms with Crippen LogP contribution >= 0.6 is 0 Å². The summed E-state index contributed by atoms with van der Waals surface area (Å²) < 4.78 is 0. The van der Waals surface area contributed by atoms with Crippen molar-refractivity contribution in [2.75, 3.05) is 6.54 Å². The Balaban J connectivity index is 0.000000206. The Hall–Kier alpha value is -1.58. The zero-order valence-electron chi connectivity index (χ0n) is 8.55. The van der Waals surface area contributed by atoms with Crippen LogP contribution in [0.3, 0.4) is 0 Å². The highest BCUT2D eigenvalue weighted by molar-refractivity contribution is 5.77. The highest BCUT2D eigenvalue weighted by Crippen LogP contribution is 1.93. The average molecular weight is 195 g/mol. The first-order chi connectivity index (χ1) is 6.79. The average Bonchev–Trinajstić information content (AvgIpc) is 2.83. The minimum absolute atomic E-state index is 0.204. The summed E-state index contributed by atoms with van der Waals surface area (Å²) >= 11 is 0. The summed E-state index contributed by atoms with van der Waals surface area (Å²) in [5.74, 6) is 1.17. The maximum atomic E-state index is 10.1. The zero-order chi connectivity index (χ0) is 10.8. The lowest BCUT2D eigenvalue weighted by molar-refractivity contribution is -0.119. The van der Waals surface area contributed by atoms with Gasteiger partial charge < -0.3 is 10.3 Å². The third-order valence-electron chi connectivity index (χ3n) is 1.54. The Bertz CT molecular complexity index is 236. The molecule has 0 bridgehead atoms. The van der Waals surface area contributed by atoms with Crippen LogP contribution in [0.2, 0.25) is 0 Å². The monoisotopic (exact) mass is 195 g/mol. The van der Waals surface area contributed by atoms with Crippen molar-refractivity contribution in [3.05, 3.63) is 31.4 Å². The number of hydrogen-bond acceptors (Lipinski definition) is 2. The van der Waals surface area contributed by atoms with Crippen molar-refractivity contribution in [2.45, 2.75) is 19.8 Å². The van der Waals surface area contributed by atoms with E-state index in [1.807, 2.05) is 6.92 Å². The molecule has 0 spiro atoms. The summed E-state index contributed by atoms with van der Waals surface area (Å²) in [6.07, 6.45) is 5.30. The van der Waals surface area contributed by atoms with Gasteiger partial charge in [-0.25, -0.2) is 4.98 Å². The fourth-order valence-corrected chi connectivity index (χ4v) is 0.909. The summed E-state index contributed by atoms with van der Waals surface area (Å²) in [4.78, 5) is 16.9. The number of rotatable bonds is 0. The van der Waals surface area contributed by atoms with E-state index in [9.17, 15) is 4.79 Å². The number of carbonyl (C=O) groups excluding carboxylic acids is 1. The van der Waals surface area contributed by atoms with Gasteiger partial charge in [-0.15, -0.1) is 13.2 Å². The predicted molar refractivity (Wildman–Crippen MR) is 56.8 cm³/mol. The largest absolute Gasteiger partial charge is 0.356 e. The molecule has 14 heavy (non-hydrogen) atoms. The molecular formula is C10H17N3O. The van der Waals surface area contributed by atoms with Gasteiger partial charge in [-0.3, -0.25) is 4.79 Å². The number of carbonyl (C=O) groups is 1. The molecule has 1 fully saturated rings. The second-order valence-corrected chi connectivity index (χ2v) is 2.63. The van der Waals surface area contributed by atoms with Crippen LogP contribution in [0.25, 0.3) is 0 Å². The highest BCUT2D eigenvalue weighted by atomic mass is 16.1. The number of aromatic amines is 1. The number of hydrogen-bond donors (Lipinski definition) is 2. The Morgan fingerprint density at radius 3 is 2.36 bits per heavy atom. The minimum atomic E-state index is 0.204. The molecule has 2 heterocycles. The molecule has 1 aromatic rings. The van der Waals surface area contributed by atoms with Crippen LogP contribution in [0.5, 0.6) is 0 Å². The summed E-state index contributed by atoms with van der Waals surface area (Å²) in [5.41, 5.74) is 0. The van der Waals surface area contributed by atoms with Crippen LogP contribution < -0.4 is 5.32 Å². The molecular weight excluding hydrogens is 178 g/mol. The standard InChI is InChI=1S/C4H6N2.C4H7NO.C2H4/c1-4-5-2-3-6-4;6-4-2-1-3-5-4;1-2/h2-3H,1H3,(H,5,6);1-3H2,(H,5,6);1-2H2.